The van der Waals surface area contributed by atoms with E-state index in [-0.39, 0.29) is 42.6 Å². The van der Waals surface area contributed by atoms with Crippen LogP contribution < -0.4 is 10.6 Å². The number of urea groups is 1. The molecule has 2 aliphatic rings. The van der Waals surface area contributed by atoms with E-state index in [4.69, 9.17) is 15.2 Å². The summed E-state index contributed by atoms with van der Waals surface area (Å²) in [4.78, 5) is 44.0. The summed E-state index contributed by atoms with van der Waals surface area (Å²) in [7, 11) is 1.43. The molecule has 34 heavy (non-hydrogen) atoms. The van der Waals surface area contributed by atoms with E-state index in [1.165, 1.54) is 28.8 Å². The second-order valence-corrected chi connectivity index (χ2v) is 8.09. The summed E-state index contributed by atoms with van der Waals surface area (Å²) < 4.78 is 15.1. The standard InChI is InChI=1S/C21H22FN7O5/c1-11-5-17-15(10-28(11)20(31)25-13-3-4-16(22)12(6-13)7-23)18-19(30)27(2)34-14(8-24-21(32)33)9-29(18)26-17/h3-4,6,11,14,24H,5,8-10H2,1-2H3,(H,25,31)(H,32,33)/t11-,14-/m1/s1. The molecule has 0 radical (unpaired) electrons. The number of benzene rings is 1. The van der Waals surface area contributed by atoms with Crippen LogP contribution in [0.15, 0.2) is 18.2 Å². The molecule has 0 saturated carbocycles. The second kappa shape index (κ2) is 8.99. The molecule has 12 nitrogen and oxygen atoms in total. The summed E-state index contributed by atoms with van der Waals surface area (Å²) in [6.07, 6.45) is -1.47. The van der Waals surface area contributed by atoms with Gasteiger partial charge in [0.1, 0.15) is 23.7 Å². The van der Waals surface area contributed by atoms with Crippen LogP contribution in [0.3, 0.4) is 0 Å². The van der Waals surface area contributed by atoms with Crippen molar-refractivity contribution < 1.29 is 28.7 Å². The fourth-order valence-corrected chi connectivity index (χ4v) is 4.07. The number of fused-ring (bicyclic) bond motifs is 3. The van der Waals surface area contributed by atoms with E-state index in [0.717, 1.165) is 11.1 Å². The number of anilines is 1. The number of nitriles is 1. The van der Waals surface area contributed by atoms with E-state index in [9.17, 15) is 18.8 Å². The highest BCUT2D eigenvalue weighted by Gasteiger charge is 2.37. The molecule has 4 amide bonds. The first-order valence-corrected chi connectivity index (χ1v) is 10.4. The molecule has 3 N–H and O–H groups in total. The van der Waals surface area contributed by atoms with Crippen molar-refractivity contribution in [3.63, 3.8) is 0 Å². The van der Waals surface area contributed by atoms with Crippen LogP contribution in [-0.2, 0) is 24.3 Å². The van der Waals surface area contributed by atoms with Crippen molar-refractivity contribution in [1.29, 1.82) is 5.26 Å². The fraction of sp³-hybridized carbons (Fsp3) is 0.381. The Balaban J connectivity index is 1.58. The first-order chi connectivity index (χ1) is 16.2. The minimum atomic E-state index is -1.21. The molecule has 178 valence electrons. The molecule has 13 heteroatoms. The zero-order chi connectivity index (χ0) is 24.6. The van der Waals surface area contributed by atoms with Gasteiger partial charge in [-0.05, 0) is 25.1 Å². The highest BCUT2D eigenvalue weighted by molar-refractivity contribution is 5.94. The topological polar surface area (TPSA) is 153 Å². The number of rotatable bonds is 3. The Bertz CT molecular complexity index is 1210. The minimum Gasteiger partial charge on any atom is -0.465 e. The lowest BCUT2D eigenvalue weighted by atomic mass is 9.99. The zero-order valence-electron chi connectivity index (χ0n) is 18.4. The molecule has 0 spiro atoms. The van der Waals surface area contributed by atoms with Gasteiger partial charge < -0.3 is 20.6 Å². The van der Waals surface area contributed by atoms with E-state index in [1.54, 1.807) is 6.07 Å². The van der Waals surface area contributed by atoms with Crippen LogP contribution in [0.4, 0.5) is 19.7 Å². The lowest BCUT2D eigenvalue weighted by Crippen LogP contribution is -2.45. The number of hydrogen-bond donors (Lipinski definition) is 3. The molecule has 0 fully saturated rings. The number of hydroxylamine groups is 2. The number of nitrogens with one attached hydrogen (secondary N) is 2. The number of carbonyl (C=O) groups is 3. The minimum absolute atomic E-state index is 0.0375. The number of carboxylic acid groups (broad SMARTS) is 1. The van der Waals surface area contributed by atoms with Crippen LogP contribution in [0.5, 0.6) is 0 Å². The summed E-state index contributed by atoms with van der Waals surface area (Å²) in [5.74, 6) is -1.14. The van der Waals surface area contributed by atoms with E-state index in [0.29, 0.717) is 17.7 Å². The molecule has 3 heterocycles. The smallest absolute Gasteiger partial charge is 0.404 e. The van der Waals surface area contributed by atoms with Gasteiger partial charge in [0, 0.05) is 30.8 Å². The molecule has 0 aliphatic carbocycles. The molecular formula is C21H22FN7O5. The summed E-state index contributed by atoms with van der Waals surface area (Å²) in [6.45, 7) is 2.05. The Kier molecular flexibility index (Phi) is 6.08. The summed E-state index contributed by atoms with van der Waals surface area (Å²) in [5.41, 5.74) is 1.61. The van der Waals surface area contributed by atoms with Crippen molar-refractivity contribution in [2.45, 2.75) is 38.6 Å². The maximum atomic E-state index is 13.6. The maximum Gasteiger partial charge on any atom is 0.404 e. The Labute approximate surface area is 193 Å². The van der Waals surface area contributed by atoms with Crippen molar-refractivity contribution in [1.82, 2.24) is 25.1 Å². The molecule has 2 atom stereocenters. The first kappa shape index (κ1) is 23.0. The predicted octanol–water partition coefficient (Wildman–Crippen LogP) is 1.53. The fourth-order valence-electron chi connectivity index (χ4n) is 4.07. The monoisotopic (exact) mass is 471 g/mol. The van der Waals surface area contributed by atoms with Gasteiger partial charge in [0.15, 0.2) is 0 Å². The lowest BCUT2D eigenvalue weighted by molar-refractivity contribution is -0.146. The van der Waals surface area contributed by atoms with E-state index in [1.807, 2.05) is 6.92 Å². The number of carbonyl (C=O) groups excluding carboxylic acids is 2. The number of amides is 4. The number of hydrogen-bond acceptors (Lipinski definition) is 6. The molecule has 1 aromatic carbocycles. The quantitative estimate of drug-likeness (QED) is 0.614. The van der Waals surface area contributed by atoms with Gasteiger partial charge in [-0.2, -0.15) is 10.4 Å². The van der Waals surface area contributed by atoms with Crippen molar-refractivity contribution >= 4 is 23.7 Å². The highest BCUT2D eigenvalue weighted by Crippen LogP contribution is 2.29. The third kappa shape index (κ3) is 4.35. The van der Waals surface area contributed by atoms with Crippen molar-refractivity contribution in [2.24, 2.45) is 0 Å². The Hall–Kier alpha value is -4.18. The summed E-state index contributed by atoms with van der Waals surface area (Å²) in [6, 6.07) is 4.73. The summed E-state index contributed by atoms with van der Waals surface area (Å²) in [5, 5.41) is 28.4. The van der Waals surface area contributed by atoms with Gasteiger partial charge in [-0.3, -0.25) is 14.3 Å². The largest absolute Gasteiger partial charge is 0.465 e. The zero-order valence-corrected chi connectivity index (χ0v) is 18.4. The van der Waals surface area contributed by atoms with E-state index in [2.05, 4.69) is 15.7 Å². The molecule has 2 aliphatic heterocycles. The molecule has 1 aromatic heterocycles. The first-order valence-electron chi connectivity index (χ1n) is 10.4. The van der Waals surface area contributed by atoms with Gasteiger partial charge in [0.25, 0.3) is 5.91 Å². The average Bonchev–Trinajstić information content (AvgIpc) is 3.07. The van der Waals surface area contributed by atoms with Gasteiger partial charge in [0.05, 0.1) is 30.9 Å². The molecule has 0 saturated heterocycles. The van der Waals surface area contributed by atoms with Crippen LogP contribution in [-0.4, -0.2) is 68.6 Å². The lowest BCUT2D eigenvalue weighted by Gasteiger charge is -2.33. The second-order valence-electron chi connectivity index (χ2n) is 8.09. The SMILES string of the molecule is C[C@@H]1Cc2nn3c(c2CN1C(=O)Nc1ccc(F)c(C#N)c1)C(=O)N(C)O[C@H](CNC(=O)O)C3. The van der Waals surface area contributed by atoms with Crippen LogP contribution in [0.1, 0.15) is 34.2 Å². The van der Waals surface area contributed by atoms with Gasteiger partial charge in [0.2, 0.25) is 0 Å². The predicted molar refractivity (Wildman–Crippen MR) is 114 cm³/mol. The molecule has 0 bridgehead atoms. The van der Waals surface area contributed by atoms with Crippen LogP contribution in [0.2, 0.25) is 0 Å². The van der Waals surface area contributed by atoms with Gasteiger partial charge in [-0.1, -0.05) is 0 Å². The average molecular weight is 471 g/mol. The molecule has 0 unspecified atom stereocenters. The molecule has 4 rings (SSSR count). The summed E-state index contributed by atoms with van der Waals surface area (Å²) >= 11 is 0. The third-order valence-electron chi connectivity index (χ3n) is 5.74. The Morgan fingerprint density at radius 1 is 1.41 bits per heavy atom. The van der Waals surface area contributed by atoms with Crippen molar-refractivity contribution in [2.75, 3.05) is 18.9 Å². The molecule has 2 aromatic rings. The van der Waals surface area contributed by atoms with Crippen molar-refractivity contribution in [3.05, 3.63) is 46.5 Å². The van der Waals surface area contributed by atoms with Crippen molar-refractivity contribution in [3.8, 4) is 6.07 Å². The number of nitrogens with zero attached hydrogens (tertiary/aromatic N) is 5. The van der Waals surface area contributed by atoms with Crippen LogP contribution >= 0.6 is 0 Å². The van der Waals surface area contributed by atoms with Crippen LogP contribution in [0.25, 0.3) is 0 Å². The number of halogens is 1. The molecular weight excluding hydrogens is 449 g/mol. The Morgan fingerprint density at radius 3 is 2.88 bits per heavy atom. The number of aromatic nitrogens is 2. The van der Waals surface area contributed by atoms with Gasteiger partial charge >= 0.3 is 12.1 Å². The van der Waals surface area contributed by atoms with E-state index < -0.39 is 30.0 Å². The normalized spacial score (nSPS) is 19.5. The highest BCUT2D eigenvalue weighted by atomic mass is 19.1. The van der Waals surface area contributed by atoms with Gasteiger partial charge in [-0.15, -0.1) is 0 Å². The maximum absolute atomic E-state index is 13.6. The van der Waals surface area contributed by atoms with Gasteiger partial charge in [-0.25, -0.2) is 19.0 Å². The Morgan fingerprint density at radius 2 is 2.18 bits per heavy atom. The van der Waals surface area contributed by atoms with E-state index >= 15 is 0 Å². The third-order valence-corrected chi connectivity index (χ3v) is 5.74. The van der Waals surface area contributed by atoms with Crippen LogP contribution in [0, 0.1) is 17.1 Å².